The Labute approximate surface area is 117 Å². The fourth-order valence-electron chi connectivity index (χ4n) is 2.11. The van der Waals surface area contributed by atoms with Crippen molar-refractivity contribution in [3.63, 3.8) is 0 Å². The minimum Gasteiger partial charge on any atom is -0.414 e. The van der Waals surface area contributed by atoms with E-state index in [1.165, 1.54) is 0 Å². The van der Waals surface area contributed by atoms with Crippen LogP contribution in [0.4, 0.5) is 0 Å². The third-order valence-electron chi connectivity index (χ3n) is 4.33. The second kappa shape index (κ2) is 4.81. The van der Waals surface area contributed by atoms with Crippen LogP contribution in [0.15, 0.2) is 0 Å². The van der Waals surface area contributed by atoms with Crippen molar-refractivity contribution in [2.75, 3.05) is 6.61 Å². The van der Waals surface area contributed by atoms with Crippen LogP contribution in [0.3, 0.4) is 0 Å². The topological polar surface area (TPSA) is 36.9 Å². The van der Waals surface area contributed by atoms with Gasteiger partial charge in [0.2, 0.25) is 0 Å². The summed E-state index contributed by atoms with van der Waals surface area (Å²) in [5.41, 5.74) is 0. The van der Waals surface area contributed by atoms with Crippen molar-refractivity contribution in [3.8, 4) is 0 Å². The quantitative estimate of drug-likeness (QED) is 0.748. The highest BCUT2D eigenvalue weighted by atomic mass is 28.4. The molecule has 0 aromatic rings. The van der Waals surface area contributed by atoms with Gasteiger partial charge in [-0.05, 0) is 32.0 Å². The van der Waals surface area contributed by atoms with Crippen molar-refractivity contribution in [3.05, 3.63) is 6.61 Å². The fraction of sp³-hybridized carbons (Fsp3) is 0.929. The predicted molar refractivity (Wildman–Crippen MR) is 76.1 cm³/mol. The van der Waals surface area contributed by atoms with Crippen molar-refractivity contribution < 1.29 is 18.6 Å². The largest absolute Gasteiger partial charge is 0.414 e. The van der Waals surface area contributed by atoms with Crippen LogP contribution in [0.5, 0.6) is 0 Å². The summed E-state index contributed by atoms with van der Waals surface area (Å²) in [6.45, 7) is 17.4. The van der Waals surface area contributed by atoms with Gasteiger partial charge in [-0.15, -0.1) is 0 Å². The third kappa shape index (κ3) is 3.21. The second-order valence-electron chi connectivity index (χ2n) is 7.45. The standard InChI is InChI=1S/C14H27O4Si/c1-13(2,3)19(6,7)16-9-10-12-11(8-15-10)17-14(4,5)18-12/h8,10-12H,9H2,1-7H3/t10-,11+,12-/m1/s1. The summed E-state index contributed by atoms with van der Waals surface area (Å²) in [6, 6.07) is 0. The number of ether oxygens (including phenoxy) is 3. The van der Waals surface area contributed by atoms with Gasteiger partial charge in [0.1, 0.15) is 24.9 Å². The van der Waals surface area contributed by atoms with E-state index in [1.807, 2.05) is 13.8 Å². The smallest absolute Gasteiger partial charge is 0.192 e. The average Bonchev–Trinajstić information content (AvgIpc) is 2.68. The molecule has 0 aliphatic carbocycles. The lowest BCUT2D eigenvalue weighted by atomic mass is 10.2. The molecule has 1 radical (unpaired) electrons. The first-order chi connectivity index (χ1) is 8.52. The van der Waals surface area contributed by atoms with Gasteiger partial charge in [0.15, 0.2) is 14.1 Å². The van der Waals surface area contributed by atoms with Crippen LogP contribution in [0.25, 0.3) is 0 Å². The molecule has 0 saturated carbocycles. The molecule has 3 atom stereocenters. The molecule has 111 valence electrons. The summed E-state index contributed by atoms with van der Waals surface area (Å²) in [7, 11) is -1.74. The van der Waals surface area contributed by atoms with Crippen LogP contribution >= 0.6 is 0 Å². The van der Waals surface area contributed by atoms with E-state index in [2.05, 4.69) is 33.9 Å². The Morgan fingerprint density at radius 2 is 1.84 bits per heavy atom. The van der Waals surface area contributed by atoms with E-state index in [0.717, 1.165) is 0 Å². The van der Waals surface area contributed by atoms with Gasteiger partial charge in [-0.3, -0.25) is 0 Å². The van der Waals surface area contributed by atoms with Gasteiger partial charge in [0, 0.05) is 0 Å². The van der Waals surface area contributed by atoms with Gasteiger partial charge in [-0.25, -0.2) is 0 Å². The summed E-state index contributed by atoms with van der Waals surface area (Å²) in [5, 5.41) is 0.209. The first-order valence-corrected chi connectivity index (χ1v) is 9.91. The third-order valence-corrected chi connectivity index (χ3v) is 8.83. The van der Waals surface area contributed by atoms with E-state index in [4.69, 9.17) is 18.6 Å². The zero-order valence-corrected chi connectivity index (χ0v) is 14.1. The molecule has 2 rings (SSSR count). The summed E-state index contributed by atoms with van der Waals surface area (Å²) < 4.78 is 23.5. The Morgan fingerprint density at radius 3 is 2.42 bits per heavy atom. The fourth-order valence-corrected chi connectivity index (χ4v) is 3.12. The molecule has 0 amide bonds. The molecule has 0 aromatic carbocycles. The summed E-state index contributed by atoms with van der Waals surface area (Å²) >= 11 is 0. The maximum Gasteiger partial charge on any atom is 0.192 e. The number of hydrogen-bond donors (Lipinski definition) is 0. The highest BCUT2D eigenvalue weighted by Gasteiger charge is 2.51. The van der Waals surface area contributed by atoms with Crippen LogP contribution in [0, 0.1) is 6.61 Å². The Kier molecular flexibility index (Phi) is 3.91. The molecular formula is C14H27O4Si. The van der Waals surface area contributed by atoms with Crippen molar-refractivity contribution >= 4 is 8.32 Å². The van der Waals surface area contributed by atoms with Gasteiger partial charge in [0.25, 0.3) is 0 Å². The van der Waals surface area contributed by atoms with Crippen molar-refractivity contribution in [2.45, 2.75) is 76.8 Å². The van der Waals surface area contributed by atoms with Crippen LogP contribution in [0.1, 0.15) is 34.6 Å². The minimum atomic E-state index is -1.74. The molecule has 2 saturated heterocycles. The van der Waals surface area contributed by atoms with Crippen LogP contribution in [-0.4, -0.2) is 39.0 Å². The molecular weight excluding hydrogens is 260 g/mol. The van der Waals surface area contributed by atoms with E-state index in [1.54, 1.807) is 6.61 Å². The van der Waals surface area contributed by atoms with Gasteiger partial charge >= 0.3 is 0 Å². The van der Waals surface area contributed by atoms with E-state index in [9.17, 15) is 0 Å². The Morgan fingerprint density at radius 1 is 1.21 bits per heavy atom. The Balaban J connectivity index is 1.91. The first kappa shape index (κ1) is 15.4. The van der Waals surface area contributed by atoms with Crippen molar-refractivity contribution in [2.24, 2.45) is 0 Å². The molecule has 2 aliphatic rings. The van der Waals surface area contributed by atoms with Gasteiger partial charge < -0.3 is 18.6 Å². The highest BCUT2D eigenvalue weighted by Crippen LogP contribution is 2.40. The lowest BCUT2D eigenvalue weighted by Gasteiger charge is -2.37. The molecule has 0 bridgehead atoms. The normalized spacial score (nSPS) is 34.6. The van der Waals surface area contributed by atoms with Crippen molar-refractivity contribution in [1.82, 2.24) is 0 Å². The van der Waals surface area contributed by atoms with Crippen LogP contribution < -0.4 is 0 Å². The first-order valence-electron chi connectivity index (χ1n) is 7.00. The molecule has 2 fully saturated rings. The molecule has 0 aromatic heterocycles. The molecule has 2 aliphatic heterocycles. The second-order valence-corrected chi connectivity index (χ2v) is 12.3. The zero-order valence-electron chi connectivity index (χ0n) is 13.1. The van der Waals surface area contributed by atoms with Crippen molar-refractivity contribution in [1.29, 1.82) is 0 Å². The predicted octanol–water partition coefficient (Wildman–Crippen LogP) is 3.09. The van der Waals surface area contributed by atoms with E-state index < -0.39 is 14.1 Å². The number of hydrogen-bond acceptors (Lipinski definition) is 4. The maximum absolute atomic E-state index is 6.21. The molecule has 4 nitrogen and oxygen atoms in total. The number of rotatable bonds is 3. The monoisotopic (exact) mass is 287 g/mol. The number of fused-ring (bicyclic) bond motifs is 1. The molecule has 19 heavy (non-hydrogen) atoms. The van der Waals surface area contributed by atoms with E-state index in [0.29, 0.717) is 6.61 Å². The van der Waals surface area contributed by atoms with Crippen LogP contribution in [0.2, 0.25) is 18.1 Å². The lowest BCUT2D eigenvalue weighted by molar-refractivity contribution is -0.170. The summed E-state index contributed by atoms with van der Waals surface area (Å²) in [4.78, 5) is 0. The SMILES string of the molecule is CC1(C)O[C@H]2[C@H]([CH]O[C@@H]2CO[Si](C)(C)C(C)(C)C)O1. The highest BCUT2D eigenvalue weighted by molar-refractivity contribution is 6.74. The van der Waals surface area contributed by atoms with Gasteiger partial charge in [0.05, 0.1) is 6.61 Å². The molecule has 0 spiro atoms. The van der Waals surface area contributed by atoms with E-state index >= 15 is 0 Å². The molecule has 5 heteroatoms. The Hall–Kier alpha value is 0.0569. The van der Waals surface area contributed by atoms with Gasteiger partial charge in [-0.1, -0.05) is 20.8 Å². The maximum atomic E-state index is 6.21. The van der Waals surface area contributed by atoms with E-state index in [-0.39, 0.29) is 23.4 Å². The molecule has 2 heterocycles. The molecule has 0 unspecified atom stereocenters. The Bertz CT molecular complexity index is 335. The van der Waals surface area contributed by atoms with Crippen LogP contribution in [-0.2, 0) is 18.6 Å². The lowest BCUT2D eigenvalue weighted by Crippen LogP contribution is -2.44. The summed E-state index contributed by atoms with van der Waals surface area (Å²) in [6.07, 6.45) is -0.163. The zero-order chi connectivity index (χ0) is 14.5. The van der Waals surface area contributed by atoms with Gasteiger partial charge in [-0.2, -0.15) is 0 Å². The molecule has 0 N–H and O–H groups in total. The average molecular weight is 287 g/mol. The minimum absolute atomic E-state index is 0.0419. The summed E-state index contributed by atoms with van der Waals surface area (Å²) in [5.74, 6) is -0.523.